The number of nitrogens with zero attached hydrogens (tertiary/aromatic N) is 3. The summed E-state index contributed by atoms with van der Waals surface area (Å²) in [5.74, 6) is 1.05. The first-order valence-corrected chi connectivity index (χ1v) is 5.03. The van der Waals surface area contributed by atoms with Gasteiger partial charge in [-0.1, -0.05) is 19.1 Å². The van der Waals surface area contributed by atoms with E-state index in [0.717, 1.165) is 18.8 Å². The van der Waals surface area contributed by atoms with Crippen LogP contribution < -0.4 is 0 Å². The van der Waals surface area contributed by atoms with Crippen LogP contribution in [-0.4, -0.2) is 36.5 Å². The predicted molar refractivity (Wildman–Crippen MR) is 61.0 cm³/mol. The van der Waals surface area contributed by atoms with Gasteiger partial charge in [0.25, 0.3) is 0 Å². The van der Waals surface area contributed by atoms with Gasteiger partial charge in [0.15, 0.2) is 0 Å². The quantitative estimate of drug-likeness (QED) is 0.494. The zero-order valence-electron chi connectivity index (χ0n) is 9.49. The molecule has 0 fully saturated rings. The molecule has 0 saturated carbocycles. The van der Waals surface area contributed by atoms with Crippen molar-refractivity contribution in [2.24, 2.45) is 4.99 Å². The van der Waals surface area contributed by atoms with E-state index in [1.807, 2.05) is 7.05 Å². The fourth-order valence-corrected chi connectivity index (χ4v) is 1.62. The van der Waals surface area contributed by atoms with Crippen LogP contribution in [0.3, 0.4) is 0 Å². The van der Waals surface area contributed by atoms with Crippen molar-refractivity contribution in [3.8, 4) is 0 Å². The van der Waals surface area contributed by atoms with Crippen LogP contribution in [0.4, 0.5) is 0 Å². The van der Waals surface area contributed by atoms with Crippen molar-refractivity contribution < 1.29 is 0 Å². The van der Waals surface area contributed by atoms with Gasteiger partial charge in [-0.25, -0.2) is 5.01 Å². The number of hydrogen-bond acceptors (Lipinski definition) is 2. The number of likely N-dealkylation sites (N-methyl/N-ethyl adjacent to an activating group) is 1. The Morgan fingerprint density at radius 3 is 2.64 bits per heavy atom. The fraction of sp³-hybridized carbons (Fsp3) is 0.545. The Kier molecular flexibility index (Phi) is 3.89. The van der Waals surface area contributed by atoms with Crippen molar-refractivity contribution in [1.82, 2.24) is 10.0 Å². The molecule has 0 spiro atoms. The Morgan fingerprint density at radius 1 is 1.57 bits per heavy atom. The largest absolute Gasteiger partial charge is 0.270 e. The normalized spacial score (nSPS) is 19.6. The van der Waals surface area contributed by atoms with E-state index in [1.165, 1.54) is 5.57 Å². The molecule has 0 unspecified atom stereocenters. The maximum Gasteiger partial charge on any atom is 0.144 e. The molecule has 78 valence electrons. The number of aliphatic imine (C=N–C) groups is 1. The zero-order valence-corrected chi connectivity index (χ0v) is 9.49. The highest BCUT2D eigenvalue weighted by Crippen LogP contribution is 2.14. The zero-order chi connectivity index (χ0) is 10.6. The fourth-order valence-electron chi connectivity index (χ4n) is 1.62. The van der Waals surface area contributed by atoms with E-state index in [-0.39, 0.29) is 0 Å². The molecule has 0 N–H and O–H groups in total. The van der Waals surface area contributed by atoms with Crippen LogP contribution in [-0.2, 0) is 0 Å². The molecule has 1 heterocycles. The average Bonchev–Trinajstić information content (AvgIpc) is 2.61. The van der Waals surface area contributed by atoms with Gasteiger partial charge in [0.2, 0.25) is 0 Å². The molecule has 1 aliphatic rings. The third-order valence-electron chi connectivity index (χ3n) is 2.43. The third kappa shape index (κ3) is 2.04. The van der Waals surface area contributed by atoms with Gasteiger partial charge in [0, 0.05) is 26.8 Å². The van der Waals surface area contributed by atoms with E-state index in [4.69, 9.17) is 0 Å². The summed E-state index contributed by atoms with van der Waals surface area (Å²) < 4.78 is 0. The topological polar surface area (TPSA) is 18.8 Å². The predicted octanol–water partition coefficient (Wildman–Crippen LogP) is 2.05. The first-order valence-electron chi connectivity index (χ1n) is 5.03. The van der Waals surface area contributed by atoms with Gasteiger partial charge >= 0.3 is 0 Å². The smallest absolute Gasteiger partial charge is 0.144 e. The second kappa shape index (κ2) is 4.96. The van der Waals surface area contributed by atoms with Crippen molar-refractivity contribution in [2.75, 3.05) is 20.6 Å². The number of hydrogen-bond donors (Lipinski definition) is 0. The van der Waals surface area contributed by atoms with Gasteiger partial charge in [-0.15, -0.1) is 0 Å². The summed E-state index contributed by atoms with van der Waals surface area (Å²) in [6, 6.07) is 0. The minimum atomic E-state index is 0.958. The average molecular weight is 193 g/mol. The Bertz CT molecular complexity index is 276. The van der Waals surface area contributed by atoms with Gasteiger partial charge in [-0.2, -0.15) is 0 Å². The first-order chi connectivity index (χ1) is 6.74. The van der Waals surface area contributed by atoms with E-state index in [9.17, 15) is 0 Å². The van der Waals surface area contributed by atoms with Crippen LogP contribution in [0, 0.1) is 0 Å². The molecule has 1 rings (SSSR count). The molecule has 0 aromatic rings. The molecule has 0 radical (unpaired) electrons. The molecule has 0 aliphatic carbocycles. The SMILES string of the molecule is C/C=C(/CC)C(=NC)N1C=CCN1C. The minimum Gasteiger partial charge on any atom is -0.270 e. The molecule has 3 heteroatoms. The lowest BCUT2D eigenvalue weighted by Crippen LogP contribution is -2.37. The maximum atomic E-state index is 4.34. The molecular weight excluding hydrogens is 174 g/mol. The molecular formula is C11H19N3. The molecule has 0 saturated heterocycles. The van der Waals surface area contributed by atoms with Crippen LogP contribution >= 0.6 is 0 Å². The summed E-state index contributed by atoms with van der Waals surface area (Å²) in [7, 11) is 3.91. The van der Waals surface area contributed by atoms with E-state index in [2.05, 4.69) is 54.3 Å². The summed E-state index contributed by atoms with van der Waals surface area (Å²) in [5.41, 5.74) is 1.28. The van der Waals surface area contributed by atoms with E-state index >= 15 is 0 Å². The highest BCUT2D eigenvalue weighted by Gasteiger charge is 2.18. The second-order valence-electron chi connectivity index (χ2n) is 3.28. The number of rotatable bonds is 2. The van der Waals surface area contributed by atoms with Gasteiger partial charge in [-0.3, -0.25) is 10.0 Å². The summed E-state index contributed by atoms with van der Waals surface area (Å²) in [5, 5.41) is 4.24. The Labute approximate surface area is 86.4 Å². The van der Waals surface area contributed by atoms with Crippen molar-refractivity contribution in [1.29, 1.82) is 0 Å². The summed E-state index contributed by atoms with van der Waals surface area (Å²) in [4.78, 5) is 4.34. The summed E-state index contributed by atoms with van der Waals surface area (Å²) in [6.07, 6.45) is 7.35. The van der Waals surface area contributed by atoms with Gasteiger partial charge in [0.1, 0.15) is 5.84 Å². The molecule has 0 amide bonds. The van der Waals surface area contributed by atoms with Crippen molar-refractivity contribution in [3.05, 3.63) is 23.9 Å². The molecule has 0 aromatic carbocycles. The lowest BCUT2D eigenvalue weighted by molar-refractivity contribution is 0.169. The van der Waals surface area contributed by atoms with Gasteiger partial charge in [0.05, 0.1) is 0 Å². The number of amidine groups is 1. The molecule has 0 bridgehead atoms. The molecule has 14 heavy (non-hydrogen) atoms. The maximum absolute atomic E-state index is 4.34. The summed E-state index contributed by atoms with van der Waals surface area (Å²) in [6.45, 7) is 5.17. The van der Waals surface area contributed by atoms with Gasteiger partial charge < -0.3 is 0 Å². The monoisotopic (exact) mass is 193 g/mol. The lowest BCUT2D eigenvalue weighted by atomic mass is 10.1. The Morgan fingerprint density at radius 2 is 2.29 bits per heavy atom. The molecule has 0 aromatic heterocycles. The van der Waals surface area contributed by atoms with Crippen LogP contribution in [0.5, 0.6) is 0 Å². The standard InChI is InChI=1S/C11H19N3/c1-5-10(6-2)11(12-3)14-9-7-8-13(14)4/h5,7,9H,6,8H2,1-4H3/b10-5-,12-11?. The third-order valence-corrected chi connectivity index (χ3v) is 2.43. The van der Waals surface area contributed by atoms with E-state index in [0.29, 0.717) is 0 Å². The van der Waals surface area contributed by atoms with E-state index < -0.39 is 0 Å². The number of allylic oxidation sites excluding steroid dienone is 1. The van der Waals surface area contributed by atoms with Crippen LogP contribution in [0.1, 0.15) is 20.3 Å². The first kappa shape index (κ1) is 11.0. The minimum absolute atomic E-state index is 0.958. The highest BCUT2D eigenvalue weighted by atomic mass is 15.6. The molecule has 3 nitrogen and oxygen atoms in total. The lowest BCUT2D eigenvalue weighted by Gasteiger charge is -2.27. The highest BCUT2D eigenvalue weighted by molar-refractivity contribution is 5.98. The number of hydrazine groups is 1. The van der Waals surface area contributed by atoms with E-state index in [1.54, 1.807) is 0 Å². The Balaban J connectivity index is 2.87. The van der Waals surface area contributed by atoms with Crippen molar-refractivity contribution >= 4 is 5.84 Å². The van der Waals surface area contributed by atoms with Crippen molar-refractivity contribution in [2.45, 2.75) is 20.3 Å². The molecule has 0 atom stereocenters. The Hall–Kier alpha value is -1.09. The molecule has 1 aliphatic heterocycles. The van der Waals surface area contributed by atoms with Crippen LogP contribution in [0.2, 0.25) is 0 Å². The van der Waals surface area contributed by atoms with Crippen LogP contribution in [0.15, 0.2) is 28.9 Å². The second-order valence-corrected chi connectivity index (χ2v) is 3.28. The van der Waals surface area contributed by atoms with Gasteiger partial charge in [-0.05, 0) is 18.9 Å². The van der Waals surface area contributed by atoms with Crippen LogP contribution in [0.25, 0.3) is 0 Å². The summed E-state index contributed by atoms with van der Waals surface area (Å²) >= 11 is 0. The van der Waals surface area contributed by atoms with Crippen molar-refractivity contribution in [3.63, 3.8) is 0 Å².